The highest BCUT2D eigenvalue weighted by Gasteiger charge is 2.26. The van der Waals surface area contributed by atoms with Crippen LogP contribution in [0.15, 0.2) is 24.5 Å². The second-order valence-corrected chi connectivity index (χ2v) is 5.90. The zero-order valence-electron chi connectivity index (χ0n) is 11.1. The molecule has 1 atom stereocenters. The number of hydrogen-bond donors (Lipinski definition) is 1. The highest BCUT2D eigenvalue weighted by atomic mass is 15.2. The molecule has 1 aromatic rings. The van der Waals surface area contributed by atoms with Crippen molar-refractivity contribution in [2.24, 2.45) is 5.92 Å². The van der Waals surface area contributed by atoms with Crippen molar-refractivity contribution in [3.05, 3.63) is 30.1 Å². The van der Waals surface area contributed by atoms with Crippen molar-refractivity contribution in [2.75, 3.05) is 19.6 Å². The van der Waals surface area contributed by atoms with Crippen LogP contribution >= 0.6 is 0 Å². The molecular weight excluding hydrogens is 210 g/mol. The quantitative estimate of drug-likeness (QED) is 0.845. The molecule has 1 fully saturated rings. The van der Waals surface area contributed by atoms with E-state index in [-0.39, 0.29) is 5.54 Å². The summed E-state index contributed by atoms with van der Waals surface area (Å²) in [6, 6.07) is 4.17. The van der Waals surface area contributed by atoms with Gasteiger partial charge < -0.3 is 5.32 Å². The van der Waals surface area contributed by atoms with Crippen molar-refractivity contribution in [2.45, 2.75) is 32.9 Å². The largest absolute Gasteiger partial charge is 0.310 e. The van der Waals surface area contributed by atoms with Gasteiger partial charge in [-0.25, -0.2) is 0 Å². The predicted octanol–water partition coefficient (Wildman–Crippen LogP) is 1.90. The van der Waals surface area contributed by atoms with Gasteiger partial charge in [-0.3, -0.25) is 9.88 Å². The normalized spacial score (nSPS) is 25.5. The van der Waals surface area contributed by atoms with Crippen LogP contribution in [0.3, 0.4) is 0 Å². The molecule has 2 rings (SSSR count). The third-order valence-electron chi connectivity index (χ3n) is 3.25. The number of pyridine rings is 1. The van der Waals surface area contributed by atoms with Crippen LogP contribution in [0.4, 0.5) is 0 Å². The van der Waals surface area contributed by atoms with Crippen LogP contribution in [-0.2, 0) is 6.54 Å². The minimum atomic E-state index is 0.201. The molecule has 94 valence electrons. The van der Waals surface area contributed by atoms with Crippen LogP contribution in [0.1, 0.15) is 26.3 Å². The standard InChI is InChI=1S/C14H23N3/c1-12-7-16-14(2,3)11-17(9-12)10-13-5-4-6-15-8-13/h4-6,8,12,16H,7,9-11H2,1-3H3. The van der Waals surface area contributed by atoms with Crippen molar-refractivity contribution in [3.8, 4) is 0 Å². The van der Waals surface area contributed by atoms with Gasteiger partial charge in [-0.1, -0.05) is 13.0 Å². The molecule has 1 aliphatic heterocycles. The fourth-order valence-corrected chi connectivity index (χ4v) is 2.51. The first-order chi connectivity index (χ1) is 8.05. The lowest BCUT2D eigenvalue weighted by molar-refractivity contribution is 0.213. The van der Waals surface area contributed by atoms with E-state index in [1.54, 1.807) is 0 Å². The Morgan fingerprint density at radius 3 is 3.06 bits per heavy atom. The fourth-order valence-electron chi connectivity index (χ4n) is 2.51. The minimum absolute atomic E-state index is 0.201. The van der Waals surface area contributed by atoms with Crippen molar-refractivity contribution in [1.82, 2.24) is 15.2 Å². The minimum Gasteiger partial charge on any atom is -0.310 e. The molecule has 0 bridgehead atoms. The number of aromatic nitrogens is 1. The Labute approximate surface area is 104 Å². The third-order valence-corrected chi connectivity index (χ3v) is 3.25. The van der Waals surface area contributed by atoms with E-state index in [0.29, 0.717) is 5.92 Å². The van der Waals surface area contributed by atoms with Gasteiger partial charge in [-0.2, -0.15) is 0 Å². The fraction of sp³-hybridized carbons (Fsp3) is 0.643. The van der Waals surface area contributed by atoms with Crippen LogP contribution in [-0.4, -0.2) is 35.1 Å². The molecule has 1 aromatic heterocycles. The lowest BCUT2D eigenvalue weighted by Gasteiger charge is -2.30. The van der Waals surface area contributed by atoms with Crippen molar-refractivity contribution < 1.29 is 0 Å². The van der Waals surface area contributed by atoms with E-state index in [9.17, 15) is 0 Å². The van der Waals surface area contributed by atoms with E-state index in [4.69, 9.17) is 0 Å². The molecule has 0 amide bonds. The van der Waals surface area contributed by atoms with Gasteiger partial charge in [-0.15, -0.1) is 0 Å². The molecule has 0 spiro atoms. The van der Waals surface area contributed by atoms with E-state index in [1.807, 2.05) is 18.5 Å². The maximum atomic E-state index is 4.19. The monoisotopic (exact) mass is 233 g/mol. The molecule has 17 heavy (non-hydrogen) atoms. The first-order valence-corrected chi connectivity index (χ1v) is 6.41. The van der Waals surface area contributed by atoms with Crippen molar-refractivity contribution in [3.63, 3.8) is 0 Å². The van der Waals surface area contributed by atoms with Crippen LogP contribution in [0.5, 0.6) is 0 Å². The van der Waals surface area contributed by atoms with E-state index in [0.717, 1.165) is 26.2 Å². The Morgan fingerprint density at radius 2 is 2.35 bits per heavy atom. The van der Waals surface area contributed by atoms with Crippen molar-refractivity contribution >= 4 is 0 Å². The van der Waals surface area contributed by atoms with Gasteiger partial charge in [0.2, 0.25) is 0 Å². The van der Waals surface area contributed by atoms with E-state index >= 15 is 0 Å². The average molecular weight is 233 g/mol. The number of nitrogens with zero attached hydrogens (tertiary/aromatic N) is 2. The van der Waals surface area contributed by atoms with Gasteiger partial charge in [-0.05, 0) is 37.9 Å². The Kier molecular flexibility index (Phi) is 3.79. The van der Waals surface area contributed by atoms with E-state index in [1.165, 1.54) is 5.56 Å². The molecule has 0 aliphatic carbocycles. The Hall–Kier alpha value is -0.930. The summed E-state index contributed by atoms with van der Waals surface area (Å²) in [4.78, 5) is 6.72. The highest BCUT2D eigenvalue weighted by molar-refractivity contribution is 5.08. The molecular formula is C14H23N3. The van der Waals surface area contributed by atoms with Gasteiger partial charge in [0.15, 0.2) is 0 Å². The van der Waals surface area contributed by atoms with E-state index in [2.05, 4.69) is 42.0 Å². The Morgan fingerprint density at radius 1 is 1.53 bits per heavy atom. The molecule has 3 nitrogen and oxygen atoms in total. The topological polar surface area (TPSA) is 28.2 Å². The smallest absolute Gasteiger partial charge is 0.0312 e. The molecule has 1 saturated heterocycles. The lowest BCUT2D eigenvalue weighted by atomic mass is 10.1. The summed E-state index contributed by atoms with van der Waals surface area (Å²) in [5, 5.41) is 3.63. The molecule has 1 N–H and O–H groups in total. The summed E-state index contributed by atoms with van der Waals surface area (Å²) >= 11 is 0. The van der Waals surface area contributed by atoms with E-state index < -0.39 is 0 Å². The maximum absolute atomic E-state index is 4.19. The predicted molar refractivity (Wildman–Crippen MR) is 70.8 cm³/mol. The molecule has 0 saturated carbocycles. The summed E-state index contributed by atoms with van der Waals surface area (Å²) in [6.45, 7) is 11.2. The first-order valence-electron chi connectivity index (χ1n) is 6.41. The maximum Gasteiger partial charge on any atom is 0.0312 e. The van der Waals surface area contributed by atoms with Crippen LogP contribution in [0.25, 0.3) is 0 Å². The molecule has 0 aromatic carbocycles. The SMILES string of the molecule is CC1CNC(C)(C)CN(Cc2cccnc2)C1. The second kappa shape index (κ2) is 5.15. The molecule has 0 radical (unpaired) electrons. The Bertz CT molecular complexity index is 348. The summed E-state index contributed by atoms with van der Waals surface area (Å²) in [6.07, 6.45) is 3.80. The van der Waals surface area contributed by atoms with Gasteiger partial charge in [0, 0.05) is 37.6 Å². The number of hydrogen-bond acceptors (Lipinski definition) is 3. The van der Waals surface area contributed by atoms with Crippen LogP contribution in [0.2, 0.25) is 0 Å². The van der Waals surface area contributed by atoms with Gasteiger partial charge in [0.25, 0.3) is 0 Å². The number of rotatable bonds is 2. The zero-order chi connectivity index (χ0) is 12.3. The summed E-state index contributed by atoms with van der Waals surface area (Å²) in [7, 11) is 0. The third kappa shape index (κ3) is 3.79. The van der Waals surface area contributed by atoms with Crippen LogP contribution < -0.4 is 5.32 Å². The molecule has 1 unspecified atom stereocenters. The lowest BCUT2D eigenvalue weighted by Crippen LogP contribution is -2.46. The molecule has 3 heteroatoms. The zero-order valence-corrected chi connectivity index (χ0v) is 11.1. The molecule has 2 heterocycles. The molecule has 1 aliphatic rings. The van der Waals surface area contributed by atoms with Gasteiger partial charge >= 0.3 is 0 Å². The summed E-state index contributed by atoms with van der Waals surface area (Å²) in [5.74, 6) is 0.702. The first kappa shape index (κ1) is 12.5. The summed E-state index contributed by atoms with van der Waals surface area (Å²) < 4.78 is 0. The van der Waals surface area contributed by atoms with Crippen LogP contribution in [0, 0.1) is 5.92 Å². The van der Waals surface area contributed by atoms with Gasteiger partial charge in [0.05, 0.1) is 0 Å². The highest BCUT2D eigenvalue weighted by Crippen LogP contribution is 2.15. The van der Waals surface area contributed by atoms with Gasteiger partial charge in [0.1, 0.15) is 0 Å². The Balaban J connectivity index is 2.03. The van der Waals surface area contributed by atoms with Crippen molar-refractivity contribution in [1.29, 1.82) is 0 Å². The average Bonchev–Trinajstić information content (AvgIpc) is 2.39. The summed E-state index contributed by atoms with van der Waals surface area (Å²) in [5.41, 5.74) is 1.50. The second-order valence-electron chi connectivity index (χ2n) is 5.90. The number of nitrogens with one attached hydrogen (secondary N) is 1.